The molecule has 3 nitrogen and oxygen atoms in total. The maximum atomic E-state index is 12.8. The normalized spacial score (nSPS) is 13.8. The largest absolute Gasteiger partial charge is 0.390 e. The second-order valence-electron chi connectivity index (χ2n) is 3.55. The quantitative estimate of drug-likeness (QED) is 0.811. The topological polar surface area (TPSA) is 45.1 Å². The molecule has 2 N–H and O–H groups in total. The van der Waals surface area contributed by atoms with Gasteiger partial charge in [-0.15, -0.1) is 0 Å². The van der Waals surface area contributed by atoms with Crippen molar-refractivity contribution < 1.29 is 18.3 Å². The monoisotopic (exact) mass is 234 g/mol. The number of aromatic nitrogens is 1. The highest BCUT2D eigenvalue weighted by Gasteiger charge is 2.27. The van der Waals surface area contributed by atoms with Gasteiger partial charge in [-0.2, -0.15) is 0 Å². The van der Waals surface area contributed by atoms with E-state index in [1.807, 2.05) is 0 Å². The summed E-state index contributed by atoms with van der Waals surface area (Å²) in [4.78, 5) is 3.62. The molecule has 0 aliphatic heterocycles. The third-order valence-corrected chi connectivity index (χ3v) is 2.12. The number of rotatable bonds is 5. The van der Waals surface area contributed by atoms with Crippen molar-refractivity contribution >= 4 is 0 Å². The summed E-state index contributed by atoms with van der Waals surface area (Å²) in [6, 6.07) is 0.766. The Kier molecular flexibility index (Phi) is 4.26. The molecule has 1 unspecified atom stereocenters. The van der Waals surface area contributed by atoms with Gasteiger partial charge in [-0.25, -0.2) is 13.2 Å². The minimum Gasteiger partial charge on any atom is -0.390 e. The Morgan fingerprint density at radius 1 is 1.50 bits per heavy atom. The summed E-state index contributed by atoms with van der Waals surface area (Å²) in [5, 5.41) is 10.9. The lowest BCUT2D eigenvalue weighted by Crippen LogP contribution is -2.37. The number of aliphatic hydroxyl groups excluding tert-OH is 1. The summed E-state index contributed by atoms with van der Waals surface area (Å²) in [5.41, 5.74) is 0.480. The van der Waals surface area contributed by atoms with E-state index in [-0.39, 0.29) is 0 Å². The molecular formula is C10H13F3N2O. The molecule has 6 heteroatoms. The number of hydrogen-bond acceptors (Lipinski definition) is 3. The van der Waals surface area contributed by atoms with Crippen molar-refractivity contribution in [2.75, 3.05) is 13.2 Å². The molecule has 1 heterocycles. The predicted octanol–water partition coefficient (Wildman–Crippen LogP) is 1.50. The predicted molar refractivity (Wildman–Crippen MR) is 52.6 cm³/mol. The molecule has 1 aromatic rings. The maximum absolute atomic E-state index is 12.8. The molecule has 0 fully saturated rings. The lowest BCUT2D eigenvalue weighted by Gasteiger charge is -2.18. The molecule has 0 saturated heterocycles. The van der Waals surface area contributed by atoms with E-state index in [0.717, 1.165) is 6.20 Å². The molecule has 0 aromatic carbocycles. The molecule has 0 bridgehead atoms. The number of alkyl halides is 2. The summed E-state index contributed by atoms with van der Waals surface area (Å²) in [7, 11) is 0. The molecule has 16 heavy (non-hydrogen) atoms. The Morgan fingerprint density at radius 2 is 2.19 bits per heavy atom. The van der Waals surface area contributed by atoms with Gasteiger partial charge in [-0.3, -0.25) is 4.98 Å². The van der Waals surface area contributed by atoms with Gasteiger partial charge in [0, 0.05) is 12.2 Å². The number of aliphatic hydroxyl groups is 1. The van der Waals surface area contributed by atoms with Crippen LogP contribution >= 0.6 is 0 Å². The third-order valence-electron chi connectivity index (χ3n) is 2.12. The SMILES string of the molecule is CC(NCC(F)(F)CO)c1cncc(F)c1. The number of nitrogens with zero attached hydrogens (tertiary/aromatic N) is 1. The van der Waals surface area contributed by atoms with Gasteiger partial charge >= 0.3 is 0 Å². The first-order chi connectivity index (χ1) is 7.44. The van der Waals surface area contributed by atoms with E-state index < -0.39 is 30.9 Å². The van der Waals surface area contributed by atoms with E-state index in [9.17, 15) is 13.2 Å². The summed E-state index contributed by atoms with van der Waals surface area (Å²) in [6.07, 6.45) is 2.44. The van der Waals surface area contributed by atoms with Crippen molar-refractivity contribution in [3.8, 4) is 0 Å². The molecule has 90 valence electrons. The van der Waals surface area contributed by atoms with E-state index >= 15 is 0 Å². The Balaban J connectivity index is 2.56. The van der Waals surface area contributed by atoms with Crippen LogP contribution < -0.4 is 5.32 Å². The van der Waals surface area contributed by atoms with E-state index in [1.54, 1.807) is 6.92 Å². The highest BCUT2D eigenvalue weighted by atomic mass is 19.3. The minimum absolute atomic E-state index is 0.458. The van der Waals surface area contributed by atoms with Crippen molar-refractivity contribution in [3.05, 3.63) is 29.8 Å². The minimum atomic E-state index is -3.17. The Bertz CT molecular complexity index is 347. The molecule has 0 spiro atoms. The number of halogens is 3. The molecule has 1 aromatic heterocycles. The van der Waals surface area contributed by atoms with Crippen LogP contribution in [0.5, 0.6) is 0 Å². The molecule has 0 saturated carbocycles. The van der Waals surface area contributed by atoms with Gasteiger partial charge in [-0.1, -0.05) is 0 Å². The maximum Gasteiger partial charge on any atom is 0.282 e. The second-order valence-corrected chi connectivity index (χ2v) is 3.55. The van der Waals surface area contributed by atoms with Crippen molar-refractivity contribution in [2.24, 2.45) is 0 Å². The highest BCUT2D eigenvalue weighted by Crippen LogP contribution is 2.15. The van der Waals surface area contributed by atoms with E-state index in [2.05, 4.69) is 10.3 Å². The van der Waals surface area contributed by atoms with E-state index in [0.29, 0.717) is 5.56 Å². The van der Waals surface area contributed by atoms with Gasteiger partial charge in [0.25, 0.3) is 5.92 Å². The fourth-order valence-electron chi connectivity index (χ4n) is 1.14. The van der Waals surface area contributed by atoms with Crippen LogP contribution in [-0.2, 0) is 0 Å². The standard InChI is InChI=1S/C10H13F3N2O/c1-7(15-5-10(12,13)6-16)8-2-9(11)4-14-3-8/h2-4,7,15-16H,5-6H2,1H3. The molecule has 0 aliphatic rings. The van der Waals surface area contributed by atoms with Gasteiger partial charge in [0.05, 0.1) is 12.7 Å². The number of hydrogen-bond donors (Lipinski definition) is 2. The van der Waals surface area contributed by atoms with Crippen molar-refractivity contribution in [3.63, 3.8) is 0 Å². The van der Waals surface area contributed by atoms with Crippen LogP contribution in [0, 0.1) is 5.82 Å². The molecule has 0 aliphatic carbocycles. The van der Waals surface area contributed by atoms with Crippen LogP contribution in [0.1, 0.15) is 18.5 Å². The Labute approximate surface area is 91.3 Å². The van der Waals surface area contributed by atoms with Crippen LogP contribution in [0.3, 0.4) is 0 Å². The van der Waals surface area contributed by atoms with Gasteiger partial charge in [0.1, 0.15) is 12.4 Å². The van der Waals surface area contributed by atoms with Crippen molar-refractivity contribution in [2.45, 2.75) is 18.9 Å². The summed E-state index contributed by atoms with van der Waals surface area (Å²) >= 11 is 0. The number of pyridine rings is 1. The summed E-state index contributed by atoms with van der Waals surface area (Å²) < 4.78 is 38.2. The van der Waals surface area contributed by atoms with Crippen LogP contribution in [0.15, 0.2) is 18.5 Å². The van der Waals surface area contributed by atoms with E-state index in [4.69, 9.17) is 5.11 Å². The smallest absolute Gasteiger partial charge is 0.282 e. The highest BCUT2D eigenvalue weighted by molar-refractivity contribution is 5.14. The lowest BCUT2D eigenvalue weighted by molar-refractivity contribution is -0.0490. The van der Waals surface area contributed by atoms with Crippen molar-refractivity contribution in [1.82, 2.24) is 10.3 Å². The average Bonchev–Trinajstić information content (AvgIpc) is 2.26. The Hall–Kier alpha value is -1.14. The molecule has 1 atom stereocenters. The first-order valence-electron chi connectivity index (χ1n) is 4.77. The lowest BCUT2D eigenvalue weighted by atomic mass is 10.1. The van der Waals surface area contributed by atoms with Gasteiger partial charge in [-0.05, 0) is 18.6 Å². The van der Waals surface area contributed by atoms with Crippen LogP contribution in [0.25, 0.3) is 0 Å². The average molecular weight is 234 g/mol. The molecular weight excluding hydrogens is 221 g/mol. The molecule has 0 radical (unpaired) electrons. The van der Waals surface area contributed by atoms with Gasteiger partial charge in [0.2, 0.25) is 0 Å². The second kappa shape index (κ2) is 5.27. The fourth-order valence-corrected chi connectivity index (χ4v) is 1.14. The van der Waals surface area contributed by atoms with Crippen molar-refractivity contribution in [1.29, 1.82) is 0 Å². The van der Waals surface area contributed by atoms with Crippen LogP contribution in [-0.4, -0.2) is 29.2 Å². The zero-order valence-corrected chi connectivity index (χ0v) is 8.75. The van der Waals surface area contributed by atoms with E-state index in [1.165, 1.54) is 12.3 Å². The zero-order valence-electron chi connectivity index (χ0n) is 8.75. The summed E-state index contributed by atoms with van der Waals surface area (Å²) in [5.74, 6) is -3.69. The van der Waals surface area contributed by atoms with Gasteiger partial charge < -0.3 is 10.4 Å². The summed E-state index contributed by atoms with van der Waals surface area (Å²) in [6.45, 7) is -0.265. The first kappa shape index (κ1) is 12.9. The first-order valence-corrected chi connectivity index (χ1v) is 4.77. The van der Waals surface area contributed by atoms with Gasteiger partial charge in [0.15, 0.2) is 0 Å². The zero-order chi connectivity index (χ0) is 12.2. The third kappa shape index (κ3) is 3.79. The van der Waals surface area contributed by atoms with Crippen LogP contribution in [0.2, 0.25) is 0 Å². The number of nitrogens with one attached hydrogen (secondary N) is 1. The molecule has 0 amide bonds. The van der Waals surface area contributed by atoms with Crippen LogP contribution in [0.4, 0.5) is 13.2 Å². The fraction of sp³-hybridized carbons (Fsp3) is 0.500. The Morgan fingerprint density at radius 3 is 2.75 bits per heavy atom. The molecule has 1 rings (SSSR count).